The van der Waals surface area contributed by atoms with Crippen molar-refractivity contribution in [2.45, 2.75) is 64.1 Å². The van der Waals surface area contributed by atoms with Crippen molar-refractivity contribution in [2.24, 2.45) is 0 Å². The summed E-state index contributed by atoms with van der Waals surface area (Å²) >= 11 is 0. The molecule has 2 rings (SSSR count). The van der Waals surface area contributed by atoms with Crippen LogP contribution >= 0.6 is 0 Å². The van der Waals surface area contributed by atoms with E-state index in [0.29, 0.717) is 17.9 Å². The Kier molecular flexibility index (Phi) is 4.34. The number of nitrogens with zero attached hydrogens (tertiary/aromatic N) is 2. The van der Waals surface area contributed by atoms with Gasteiger partial charge < -0.3 is 10.6 Å². The van der Waals surface area contributed by atoms with Crippen molar-refractivity contribution < 1.29 is 4.39 Å². The molecule has 1 heterocycles. The molecule has 0 radical (unpaired) electrons. The minimum Gasteiger partial charge on any atom is -0.366 e. The first-order valence-electron chi connectivity index (χ1n) is 6.94. The maximum absolute atomic E-state index is 12.7. The third-order valence-corrected chi connectivity index (χ3v) is 3.34. The average molecular weight is 266 g/mol. The molecule has 1 aliphatic carbocycles. The summed E-state index contributed by atoms with van der Waals surface area (Å²) in [6.45, 7) is 6.60. The largest absolute Gasteiger partial charge is 0.366 e. The first-order chi connectivity index (χ1) is 8.92. The summed E-state index contributed by atoms with van der Waals surface area (Å²) in [4.78, 5) is 7.59. The van der Waals surface area contributed by atoms with Gasteiger partial charge in [0.2, 0.25) is 5.95 Å². The van der Waals surface area contributed by atoms with Crippen LogP contribution in [0, 0.1) is 5.95 Å². The molecule has 1 aliphatic rings. The van der Waals surface area contributed by atoms with Crippen LogP contribution in [-0.2, 0) is 0 Å². The molecule has 2 N–H and O–H groups in total. The lowest BCUT2D eigenvalue weighted by Gasteiger charge is -2.34. The molecule has 1 fully saturated rings. The van der Waals surface area contributed by atoms with Crippen LogP contribution in [-0.4, -0.2) is 27.6 Å². The molecular formula is C14H23FN4. The molecule has 5 heteroatoms. The van der Waals surface area contributed by atoms with E-state index in [9.17, 15) is 4.39 Å². The van der Waals surface area contributed by atoms with Crippen molar-refractivity contribution in [1.29, 1.82) is 0 Å². The lowest BCUT2D eigenvalue weighted by Crippen LogP contribution is -2.46. The van der Waals surface area contributed by atoms with Crippen LogP contribution in [0.1, 0.15) is 46.5 Å². The van der Waals surface area contributed by atoms with Gasteiger partial charge in [0.05, 0.1) is 12.4 Å². The smallest absolute Gasteiger partial charge is 0.231 e. The van der Waals surface area contributed by atoms with Gasteiger partial charge in [0, 0.05) is 17.6 Å². The molecule has 0 bridgehead atoms. The van der Waals surface area contributed by atoms with E-state index in [0.717, 1.165) is 31.9 Å². The van der Waals surface area contributed by atoms with Crippen LogP contribution in [0.5, 0.6) is 0 Å². The predicted molar refractivity (Wildman–Crippen MR) is 74.5 cm³/mol. The fourth-order valence-corrected chi connectivity index (χ4v) is 2.59. The molecular weight excluding hydrogens is 243 g/mol. The Bertz CT molecular complexity index is 391. The molecule has 1 aromatic heterocycles. The minimum absolute atomic E-state index is 0.174. The van der Waals surface area contributed by atoms with Crippen LogP contribution in [0.3, 0.4) is 0 Å². The van der Waals surface area contributed by atoms with E-state index >= 15 is 0 Å². The van der Waals surface area contributed by atoms with E-state index in [4.69, 9.17) is 0 Å². The van der Waals surface area contributed by atoms with Crippen molar-refractivity contribution >= 4 is 5.82 Å². The quantitative estimate of drug-likeness (QED) is 0.883. The van der Waals surface area contributed by atoms with E-state index in [2.05, 4.69) is 41.4 Å². The molecule has 0 aromatic carbocycles. The van der Waals surface area contributed by atoms with Crippen molar-refractivity contribution in [2.75, 3.05) is 5.32 Å². The van der Waals surface area contributed by atoms with Crippen LogP contribution in [0.15, 0.2) is 12.4 Å². The van der Waals surface area contributed by atoms with Gasteiger partial charge in [0.25, 0.3) is 0 Å². The summed E-state index contributed by atoms with van der Waals surface area (Å²) < 4.78 is 12.7. The molecule has 0 aliphatic heterocycles. The summed E-state index contributed by atoms with van der Waals surface area (Å²) in [6.07, 6.45) is 7.12. The highest BCUT2D eigenvalue weighted by atomic mass is 19.1. The molecule has 0 atom stereocenters. The molecule has 4 nitrogen and oxygen atoms in total. The van der Waals surface area contributed by atoms with Crippen LogP contribution in [0.2, 0.25) is 0 Å². The Morgan fingerprint density at radius 3 is 2.21 bits per heavy atom. The fourth-order valence-electron chi connectivity index (χ4n) is 2.59. The van der Waals surface area contributed by atoms with Crippen LogP contribution in [0.4, 0.5) is 10.2 Å². The first kappa shape index (κ1) is 14.2. The number of hydrogen-bond acceptors (Lipinski definition) is 4. The van der Waals surface area contributed by atoms with Crippen molar-refractivity contribution in [3.8, 4) is 0 Å². The number of hydrogen-bond donors (Lipinski definition) is 2. The summed E-state index contributed by atoms with van der Waals surface area (Å²) in [7, 11) is 0. The van der Waals surface area contributed by atoms with Crippen LogP contribution < -0.4 is 10.6 Å². The van der Waals surface area contributed by atoms with Gasteiger partial charge in [-0.25, -0.2) is 9.97 Å². The maximum Gasteiger partial charge on any atom is 0.231 e. The van der Waals surface area contributed by atoms with E-state index < -0.39 is 5.95 Å². The lowest BCUT2D eigenvalue weighted by atomic mass is 9.89. The maximum atomic E-state index is 12.7. The standard InChI is InChI=1S/C14H23FN4/c1-14(2,3)19-11-6-4-10(5-7-11)18-13-9-16-12(15)8-17-13/h8-11,19H,4-7H2,1-3H3,(H,17,18). The second-order valence-corrected chi connectivity index (χ2v) is 6.31. The SMILES string of the molecule is CC(C)(C)NC1CCC(Nc2cnc(F)cn2)CC1. The molecule has 1 saturated carbocycles. The zero-order chi connectivity index (χ0) is 13.9. The highest BCUT2D eigenvalue weighted by molar-refractivity contribution is 5.31. The molecule has 0 amide bonds. The van der Waals surface area contributed by atoms with E-state index in [-0.39, 0.29) is 5.54 Å². The fraction of sp³-hybridized carbons (Fsp3) is 0.714. The van der Waals surface area contributed by atoms with Gasteiger partial charge in [0.15, 0.2) is 0 Å². The second-order valence-electron chi connectivity index (χ2n) is 6.31. The highest BCUT2D eigenvalue weighted by Gasteiger charge is 2.24. The summed E-state index contributed by atoms with van der Waals surface area (Å²) in [6, 6.07) is 1.01. The zero-order valence-corrected chi connectivity index (χ0v) is 11.9. The van der Waals surface area contributed by atoms with Gasteiger partial charge in [-0.1, -0.05) is 0 Å². The number of anilines is 1. The van der Waals surface area contributed by atoms with E-state index in [1.807, 2.05) is 0 Å². The number of nitrogens with one attached hydrogen (secondary N) is 2. The van der Waals surface area contributed by atoms with Crippen LogP contribution in [0.25, 0.3) is 0 Å². The first-order valence-corrected chi connectivity index (χ1v) is 6.94. The normalized spacial score (nSPS) is 24.2. The molecule has 0 unspecified atom stereocenters. The van der Waals surface area contributed by atoms with Gasteiger partial charge in [-0.3, -0.25) is 0 Å². The molecule has 0 saturated heterocycles. The Hall–Kier alpha value is -1.23. The van der Waals surface area contributed by atoms with Gasteiger partial charge >= 0.3 is 0 Å². The summed E-state index contributed by atoms with van der Waals surface area (Å²) in [5.41, 5.74) is 0.174. The third kappa shape index (κ3) is 4.74. The van der Waals surface area contributed by atoms with Gasteiger partial charge in [-0.15, -0.1) is 0 Å². The third-order valence-electron chi connectivity index (χ3n) is 3.34. The Morgan fingerprint density at radius 2 is 1.68 bits per heavy atom. The van der Waals surface area contributed by atoms with Gasteiger partial charge in [-0.2, -0.15) is 4.39 Å². The minimum atomic E-state index is -0.538. The van der Waals surface area contributed by atoms with Crippen molar-refractivity contribution in [3.63, 3.8) is 0 Å². The van der Waals surface area contributed by atoms with Gasteiger partial charge in [-0.05, 0) is 46.5 Å². The number of halogens is 1. The zero-order valence-electron chi connectivity index (χ0n) is 11.9. The summed E-state index contributed by atoms with van der Waals surface area (Å²) in [5, 5.41) is 6.97. The Balaban J connectivity index is 1.79. The number of aromatic nitrogens is 2. The Labute approximate surface area is 114 Å². The predicted octanol–water partition coefficient (Wildman–Crippen LogP) is 2.73. The molecule has 0 spiro atoms. The average Bonchev–Trinajstić information content (AvgIpc) is 2.33. The topological polar surface area (TPSA) is 49.8 Å². The lowest BCUT2D eigenvalue weighted by molar-refractivity contribution is 0.286. The van der Waals surface area contributed by atoms with E-state index in [1.165, 1.54) is 6.20 Å². The van der Waals surface area contributed by atoms with Crippen molar-refractivity contribution in [3.05, 3.63) is 18.3 Å². The molecule has 19 heavy (non-hydrogen) atoms. The number of rotatable bonds is 3. The monoisotopic (exact) mass is 266 g/mol. The summed E-state index contributed by atoms with van der Waals surface area (Å²) in [5.74, 6) is 0.122. The van der Waals surface area contributed by atoms with Gasteiger partial charge in [0.1, 0.15) is 5.82 Å². The second kappa shape index (κ2) is 5.82. The highest BCUT2D eigenvalue weighted by Crippen LogP contribution is 2.22. The van der Waals surface area contributed by atoms with Crippen molar-refractivity contribution in [1.82, 2.24) is 15.3 Å². The van der Waals surface area contributed by atoms with E-state index in [1.54, 1.807) is 0 Å². The molecule has 106 valence electrons. The molecule has 1 aromatic rings. The Morgan fingerprint density at radius 1 is 1.05 bits per heavy atom.